The lowest BCUT2D eigenvalue weighted by Gasteiger charge is -2.39. The second-order valence-corrected chi connectivity index (χ2v) is 3.75. The van der Waals surface area contributed by atoms with E-state index < -0.39 is 18.3 Å². The molecule has 2 saturated heterocycles. The molecule has 12 heavy (non-hydrogen) atoms. The van der Waals surface area contributed by atoms with E-state index in [-0.39, 0.29) is 6.04 Å². The molecule has 0 amide bonds. The highest BCUT2D eigenvalue weighted by atomic mass is 16.4. The van der Waals surface area contributed by atoms with E-state index in [1.807, 2.05) is 0 Å². The molecular formula is C8H15NO3. The maximum atomic E-state index is 9.57. The van der Waals surface area contributed by atoms with Crippen LogP contribution in [0.15, 0.2) is 0 Å². The molecule has 2 aliphatic rings. The molecule has 2 rings (SSSR count). The molecule has 0 bridgehead atoms. The Morgan fingerprint density at radius 2 is 1.83 bits per heavy atom. The molecule has 0 spiro atoms. The largest absolute Gasteiger partial charge is 0.389 e. The van der Waals surface area contributed by atoms with Crippen molar-refractivity contribution in [3.05, 3.63) is 0 Å². The fourth-order valence-corrected chi connectivity index (χ4v) is 2.27. The number of rotatable bonds is 0. The van der Waals surface area contributed by atoms with Gasteiger partial charge >= 0.3 is 0 Å². The van der Waals surface area contributed by atoms with Crippen molar-refractivity contribution in [1.29, 1.82) is 0 Å². The van der Waals surface area contributed by atoms with Gasteiger partial charge in [-0.2, -0.15) is 0 Å². The molecule has 70 valence electrons. The van der Waals surface area contributed by atoms with Crippen molar-refractivity contribution in [2.45, 2.75) is 37.2 Å². The predicted molar refractivity (Wildman–Crippen MR) is 42.6 cm³/mol. The number of nitrogens with zero attached hydrogens (tertiary/aromatic N) is 1. The van der Waals surface area contributed by atoms with E-state index in [0.717, 1.165) is 19.4 Å². The number of hydrogen-bond donors (Lipinski definition) is 3. The molecule has 0 aromatic rings. The highest BCUT2D eigenvalue weighted by Gasteiger charge is 2.42. The van der Waals surface area contributed by atoms with Gasteiger partial charge in [0.25, 0.3) is 0 Å². The summed E-state index contributed by atoms with van der Waals surface area (Å²) in [5.41, 5.74) is 0. The summed E-state index contributed by atoms with van der Waals surface area (Å²) in [5, 5.41) is 28.3. The van der Waals surface area contributed by atoms with E-state index in [1.54, 1.807) is 0 Å². The lowest BCUT2D eigenvalue weighted by Crippen LogP contribution is -2.58. The van der Waals surface area contributed by atoms with Crippen molar-refractivity contribution < 1.29 is 15.3 Å². The number of hydrogen-bond acceptors (Lipinski definition) is 4. The van der Waals surface area contributed by atoms with Crippen molar-refractivity contribution in [2.24, 2.45) is 0 Å². The second kappa shape index (κ2) is 2.96. The SMILES string of the molecule is O[C@@H]1[C@H](O)[C@@H](O)CN2CCC[C@@H]12. The van der Waals surface area contributed by atoms with Crippen LogP contribution in [0.5, 0.6) is 0 Å². The van der Waals surface area contributed by atoms with E-state index in [4.69, 9.17) is 0 Å². The van der Waals surface area contributed by atoms with Crippen LogP contribution in [0.2, 0.25) is 0 Å². The number of fused-ring (bicyclic) bond motifs is 1. The van der Waals surface area contributed by atoms with Crippen LogP contribution in [0.25, 0.3) is 0 Å². The Bertz CT molecular complexity index is 176. The van der Waals surface area contributed by atoms with Crippen molar-refractivity contribution in [1.82, 2.24) is 4.90 Å². The number of aliphatic hydroxyl groups is 3. The summed E-state index contributed by atoms with van der Waals surface area (Å²) in [6.45, 7) is 1.44. The van der Waals surface area contributed by atoms with Crippen LogP contribution in [-0.4, -0.2) is 57.7 Å². The lowest BCUT2D eigenvalue weighted by molar-refractivity contribution is -0.127. The third kappa shape index (κ3) is 1.15. The second-order valence-electron chi connectivity index (χ2n) is 3.75. The number of piperidine rings is 1. The van der Waals surface area contributed by atoms with Crippen LogP contribution in [0.4, 0.5) is 0 Å². The van der Waals surface area contributed by atoms with Gasteiger partial charge in [0.05, 0.1) is 12.2 Å². The van der Waals surface area contributed by atoms with Crippen LogP contribution >= 0.6 is 0 Å². The first-order chi connectivity index (χ1) is 5.70. The zero-order valence-corrected chi connectivity index (χ0v) is 6.93. The molecule has 0 aliphatic carbocycles. The minimum Gasteiger partial charge on any atom is -0.389 e. The maximum Gasteiger partial charge on any atom is 0.108 e. The van der Waals surface area contributed by atoms with Gasteiger partial charge in [-0.15, -0.1) is 0 Å². The standard InChI is InChI=1S/C8H15NO3/c10-6-4-9-3-1-2-5(9)7(11)8(6)12/h5-8,10-12H,1-4H2/t5-,6-,7-,8+/m0/s1. The zero-order chi connectivity index (χ0) is 8.72. The summed E-state index contributed by atoms with van der Waals surface area (Å²) in [5.74, 6) is 0. The summed E-state index contributed by atoms with van der Waals surface area (Å²) in [6, 6.07) is 0.0726. The molecular weight excluding hydrogens is 158 g/mol. The molecule has 2 fully saturated rings. The topological polar surface area (TPSA) is 63.9 Å². The summed E-state index contributed by atoms with van der Waals surface area (Å²) in [6.07, 6.45) is -0.513. The van der Waals surface area contributed by atoms with Gasteiger partial charge < -0.3 is 15.3 Å². The molecule has 4 atom stereocenters. The van der Waals surface area contributed by atoms with Crippen molar-refractivity contribution in [3.8, 4) is 0 Å². The molecule has 3 N–H and O–H groups in total. The molecule has 2 heterocycles. The summed E-state index contributed by atoms with van der Waals surface area (Å²) < 4.78 is 0. The van der Waals surface area contributed by atoms with Crippen LogP contribution in [-0.2, 0) is 0 Å². The van der Waals surface area contributed by atoms with Gasteiger partial charge in [-0.05, 0) is 19.4 Å². The highest BCUT2D eigenvalue weighted by molar-refractivity contribution is 4.97. The monoisotopic (exact) mass is 173 g/mol. The molecule has 4 nitrogen and oxygen atoms in total. The Morgan fingerprint density at radius 3 is 2.58 bits per heavy atom. The Hall–Kier alpha value is -0.160. The Labute approximate surface area is 71.4 Å². The third-order valence-electron chi connectivity index (χ3n) is 2.97. The summed E-state index contributed by atoms with van der Waals surface area (Å²) in [7, 11) is 0. The quantitative estimate of drug-likeness (QED) is 0.419. The van der Waals surface area contributed by atoms with Crippen LogP contribution < -0.4 is 0 Å². The third-order valence-corrected chi connectivity index (χ3v) is 2.97. The molecule has 0 aromatic carbocycles. The van der Waals surface area contributed by atoms with E-state index in [9.17, 15) is 15.3 Å². The number of aliphatic hydroxyl groups excluding tert-OH is 3. The van der Waals surface area contributed by atoms with E-state index >= 15 is 0 Å². The van der Waals surface area contributed by atoms with E-state index in [1.165, 1.54) is 0 Å². The maximum absolute atomic E-state index is 9.57. The van der Waals surface area contributed by atoms with Crippen molar-refractivity contribution >= 4 is 0 Å². The fourth-order valence-electron chi connectivity index (χ4n) is 2.27. The van der Waals surface area contributed by atoms with Gasteiger partial charge in [0.2, 0.25) is 0 Å². The fraction of sp³-hybridized carbons (Fsp3) is 1.00. The van der Waals surface area contributed by atoms with E-state index in [2.05, 4.69) is 4.90 Å². The van der Waals surface area contributed by atoms with Crippen LogP contribution in [0, 0.1) is 0 Å². The van der Waals surface area contributed by atoms with Gasteiger partial charge in [-0.25, -0.2) is 0 Å². The Morgan fingerprint density at radius 1 is 1.08 bits per heavy atom. The molecule has 4 heteroatoms. The van der Waals surface area contributed by atoms with Gasteiger partial charge in [0.1, 0.15) is 6.10 Å². The first-order valence-corrected chi connectivity index (χ1v) is 4.48. The van der Waals surface area contributed by atoms with E-state index in [0.29, 0.717) is 6.54 Å². The van der Waals surface area contributed by atoms with Gasteiger partial charge in [0.15, 0.2) is 0 Å². The van der Waals surface area contributed by atoms with Crippen molar-refractivity contribution in [2.75, 3.05) is 13.1 Å². The van der Waals surface area contributed by atoms with Crippen molar-refractivity contribution in [3.63, 3.8) is 0 Å². The normalized spacial score (nSPS) is 49.2. The minimum absolute atomic E-state index is 0.0726. The zero-order valence-electron chi connectivity index (χ0n) is 6.93. The minimum atomic E-state index is -0.954. The first kappa shape index (κ1) is 8.44. The average Bonchev–Trinajstić information content (AvgIpc) is 2.48. The first-order valence-electron chi connectivity index (χ1n) is 4.48. The average molecular weight is 173 g/mol. The Kier molecular flexibility index (Phi) is 2.08. The molecule has 0 saturated carbocycles. The highest BCUT2D eigenvalue weighted by Crippen LogP contribution is 2.27. The van der Waals surface area contributed by atoms with Crippen LogP contribution in [0.1, 0.15) is 12.8 Å². The van der Waals surface area contributed by atoms with Gasteiger partial charge in [0, 0.05) is 12.6 Å². The van der Waals surface area contributed by atoms with Gasteiger partial charge in [-0.1, -0.05) is 0 Å². The summed E-state index contributed by atoms with van der Waals surface area (Å²) >= 11 is 0. The molecule has 0 radical (unpaired) electrons. The van der Waals surface area contributed by atoms with Gasteiger partial charge in [-0.3, -0.25) is 4.90 Å². The lowest BCUT2D eigenvalue weighted by atomic mass is 9.94. The predicted octanol–water partition coefficient (Wildman–Crippen LogP) is -1.45. The van der Waals surface area contributed by atoms with Crippen LogP contribution in [0.3, 0.4) is 0 Å². The molecule has 2 aliphatic heterocycles. The summed E-state index contributed by atoms with van der Waals surface area (Å²) in [4.78, 5) is 2.06. The smallest absolute Gasteiger partial charge is 0.108 e. The molecule has 0 unspecified atom stereocenters. The Balaban J connectivity index is 2.10. The molecule has 0 aromatic heterocycles.